The van der Waals surface area contributed by atoms with Gasteiger partial charge in [0.1, 0.15) is 28.5 Å². The van der Waals surface area contributed by atoms with E-state index < -0.39 is 0 Å². The summed E-state index contributed by atoms with van der Waals surface area (Å²) >= 11 is 0. The molecule has 8 nitrogen and oxygen atoms in total. The molecule has 1 aliphatic rings. The molecule has 2 N–H and O–H groups in total. The van der Waals surface area contributed by atoms with Crippen molar-refractivity contribution in [2.75, 3.05) is 46.3 Å². The van der Waals surface area contributed by atoms with E-state index in [1.54, 1.807) is 26.4 Å². The second kappa shape index (κ2) is 9.70. The lowest BCUT2D eigenvalue weighted by molar-refractivity contribution is 0.266. The summed E-state index contributed by atoms with van der Waals surface area (Å²) < 4.78 is 16.2. The van der Waals surface area contributed by atoms with Crippen LogP contribution in [0.5, 0.6) is 17.2 Å². The van der Waals surface area contributed by atoms with Crippen LogP contribution >= 0.6 is 0 Å². The number of aromatic nitrogens is 2. The van der Waals surface area contributed by atoms with E-state index in [0.717, 1.165) is 43.1 Å². The predicted molar refractivity (Wildman–Crippen MR) is 131 cm³/mol. The summed E-state index contributed by atoms with van der Waals surface area (Å²) in [6.07, 6.45) is 1.16. The third-order valence-corrected chi connectivity index (χ3v) is 6.31. The van der Waals surface area contributed by atoms with E-state index in [2.05, 4.69) is 29.0 Å². The van der Waals surface area contributed by atoms with Crippen LogP contribution in [0.2, 0.25) is 0 Å². The van der Waals surface area contributed by atoms with Gasteiger partial charge in [0.05, 0.1) is 26.8 Å². The van der Waals surface area contributed by atoms with Crippen molar-refractivity contribution in [2.45, 2.75) is 26.3 Å². The van der Waals surface area contributed by atoms with Gasteiger partial charge in [-0.2, -0.15) is 0 Å². The number of nitrogens with one attached hydrogen (secondary N) is 2. The van der Waals surface area contributed by atoms with Crippen molar-refractivity contribution in [1.29, 1.82) is 0 Å². The summed E-state index contributed by atoms with van der Waals surface area (Å²) in [4.78, 5) is 23.2. The lowest BCUT2D eigenvalue weighted by Gasteiger charge is -2.21. The largest absolute Gasteiger partial charge is 0.497 e. The highest BCUT2D eigenvalue weighted by Gasteiger charge is 2.24. The normalized spacial score (nSPS) is 16.4. The van der Waals surface area contributed by atoms with Crippen molar-refractivity contribution >= 4 is 16.6 Å². The second-order valence-corrected chi connectivity index (χ2v) is 8.67. The first-order valence-electron chi connectivity index (χ1n) is 11.3. The maximum Gasteiger partial charge on any atom is 0.262 e. The molecule has 0 aliphatic carbocycles. The fourth-order valence-electron chi connectivity index (χ4n) is 4.37. The quantitative estimate of drug-likeness (QED) is 0.538. The van der Waals surface area contributed by atoms with E-state index in [1.807, 2.05) is 18.2 Å². The molecule has 176 valence electrons. The van der Waals surface area contributed by atoms with Crippen LogP contribution in [0.15, 0.2) is 35.1 Å². The molecule has 8 heteroatoms. The van der Waals surface area contributed by atoms with Crippen LogP contribution in [-0.4, -0.2) is 61.9 Å². The highest BCUT2D eigenvalue weighted by Crippen LogP contribution is 2.33. The van der Waals surface area contributed by atoms with Crippen molar-refractivity contribution in [1.82, 2.24) is 14.9 Å². The van der Waals surface area contributed by atoms with Gasteiger partial charge in [-0.05, 0) is 44.9 Å². The summed E-state index contributed by atoms with van der Waals surface area (Å²) in [6.45, 7) is 7.51. The van der Waals surface area contributed by atoms with Crippen molar-refractivity contribution in [3.8, 4) is 28.6 Å². The molecule has 1 saturated heterocycles. The molecule has 0 bridgehead atoms. The molecule has 3 aromatic rings. The zero-order valence-corrected chi connectivity index (χ0v) is 19.9. The van der Waals surface area contributed by atoms with Crippen molar-refractivity contribution in [3.63, 3.8) is 0 Å². The average molecular weight is 453 g/mol. The van der Waals surface area contributed by atoms with Gasteiger partial charge in [-0.15, -0.1) is 0 Å². The summed E-state index contributed by atoms with van der Waals surface area (Å²) in [6, 6.07) is 9.71. The number of H-pyrrole nitrogens is 1. The zero-order valence-electron chi connectivity index (χ0n) is 19.9. The number of benzene rings is 2. The van der Waals surface area contributed by atoms with Crippen LogP contribution < -0.4 is 25.1 Å². The van der Waals surface area contributed by atoms with Crippen molar-refractivity contribution in [3.05, 3.63) is 40.7 Å². The predicted octanol–water partition coefficient (Wildman–Crippen LogP) is 3.76. The van der Waals surface area contributed by atoms with Crippen LogP contribution in [0, 0.1) is 5.92 Å². The van der Waals surface area contributed by atoms with Crippen LogP contribution in [0.3, 0.4) is 0 Å². The molecule has 33 heavy (non-hydrogen) atoms. The molecular formula is C25H32N4O4. The smallest absolute Gasteiger partial charge is 0.262 e. The molecule has 1 aromatic heterocycles. The minimum absolute atomic E-state index is 0.264. The molecule has 1 aliphatic heterocycles. The van der Waals surface area contributed by atoms with E-state index in [9.17, 15) is 4.79 Å². The van der Waals surface area contributed by atoms with Gasteiger partial charge in [0.15, 0.2) is 0 Å². The molecular weight excluding hydrogens is 420 g/mol. The minimum Gasteiger partial charge on any atom is -0.497 e. The van der Waals surface area contributed by atoms with Gasteiger partial charge in [0.25, 0.3) is 5.56 Å². The third kappa shape index (κ3) is 4.75. The first-order chi connectivity index (χ1) is 15.9. The Hall–Kier alpha value is -3.26. The Kier molecular flexibility index (Phi) is 6.74. The van der Waals surface area contributed by atoms with E-state index in [4.69, 9.17) is 19.2 Å². The van der Waals surface area contributed by atoms with E-state index >= 15 is 0 Å². The van der Waals surface area contributed by atoms with Gasteiger partial charge in [0.2, 0.25) is 0 Å². The second-order valence-electron chi connectivity index (χ2n) is 8.67. The molecule has 0 amide bonds. The van der Waals surface area contributed by atoms with Crippen molar-refractivity contribution < 1.29 is 14.2 Å². The van der Waals surface area contributed by atoms with Crippen LogP contribution in [0.25, 0.3) is 22.3 Å². The van der Waals surface area contributed by atoms with Gasteiger partial charge < -0.3 is 29.4 Å². The zero-order chi connectivity index (χ0) is 23.5. The number of rotatable bonds is 8. The first-order valence-corrected chi connectivity index (χ1v) is 11.3. The highest BCUT2D eigenvalue weighted by molar-refractivity contribution is 5.88. The van der Waals surface area contributed by atoms with Gasteiger partial charge in [0, 0.05) is 48.6 Å². The summed E-state index contributed by atoms with van der Waals surface area (Å²) in [5, 5.41) is 3.98. The molecule has 1 atom stereocenters. The fourth-order valence-corrected chi connectivity index (χ4v) is 4.37. The fraction of sp³-hybridized carbons (Fsp3) is 0.440. The van der Waals surface area contributed by atoms with Gasteiger partial charge in [-0.3, -0.25) is 4.79 Å². The lowest BCUT2D eigenvalue weighted by Crippen LogP contribution is -2.29. The molecule has 0 spiro atoms. The molecule has 2 heterocycles. The highest BCUT2D eigenvalue weighted by atomic mass is 16.5. The SMILES string of the molecule is COc1ccc(-c2nc3cc(OC)cc(OC)c3c(=O)[nH]2)c(NCC2CCN(C(C)C)C2)c1. The number of aromatic amines is 1. The number of anilines is 1. The summed E-state index contributed by atoms with van der Waals surface area (Å²) in [7, 11) is 4.74. The van der Waals surface area contributed by atoms with E-state index in [0.29, 0.717) is 40.2 Å². The van der Waals surface area contributed by atoms with Gasteiger partial charge >= 0.3 is 0 Å². The van der Waals surface area contributed by atoms with Gasteiger partial charge in [-0.25, -0.2) is 4.98 Å². The Bertz CT molecular complexity index is 1190. The van der Waals surface area contributed by atoms with E-state index in [-0.39, 0.29) is 5.56 Å². The van der Waals surface area contributed by atoms with Crippen LogP contribution in [-0.2, 0) is 0 Å². The Morgan fingerprint density at radius 2 is 1.91 bits per heavy atom. The van der Waals surface area contributed by atoms with Crippen molar-refractivity contribution in [2.24, 2.45) is 5.92 Å². The first kappa shape index (κ1) is 22.9. The number of methoxy groups -OCH3 is 3. The Balaban J connectivity index is 1.70. The molecule has 2 aromatic carbocycles. The lowest BCUT2D eigenvalue weighted by atomic mass is 10.1. The number of hydrogen-bond donors (Lipinski definition) is 2. The molecule has 1 fully saturated rings. The number of fused-ring (bicyclic) bond motifs is 1. The number of nitrogens with zero attached hydrogens (tertiary/aromatic N) is 2. The molecule has 0 saturated carbocycles. The third-order valence-electron chi connectivity index (χ3n) is 6.31. The topological polar surface area (TPSA) is 88.7 Å². The Morgan fingerprint density at radius 1 is 1.12 bits per heavy atom. The summed E-state index contributed by atoms with van der Waals surface area (Å²) in [5.41, 5.74) is 1.92. The summed E-state index contributed by atoms with van der Waals surface area (Å²) in [5.74, 6) is 2.77. The van der Waals surface area contributed by atoms with Crippen LogP contribution in [0.1, 0.15) is 20.3 Å². The monoisotopic (exact) mass is 452 g/mol. The average Bonchev–Trinajstić information content (AvgIpc) is 3.31. The molecule has 0 radical (unpaired) electrons. The molecule has 1 unspecified atom stereocenters. The number of hydrogen-bond acceptors (Lipinski definition) is 7. The standard InChI is InChI=1S/C25H32N4O4/c1-15(2)29-9-8-16(14-29)13-26-20-10-17(31-3)6-7-19(20)24-27-21-11-18(32-4)12-22(33-5)23(21)25(30)28-24/h6-7,10-12,15-16,26H,8-9,13-14H2,1-5H3,(H,27,28,30). The Morgan fingerprint density at radius 3 is 2.58 bits per heavy atom. The maximum atomic E-state index is 13.0. The maximum absolute atomic E-state index is 13.0. The van der Waals surface area contributed by atoms with E-state index in [1.165, 1.54) is 7.11 Å². The molecule has 4 rings (SSSR count). The Labute approximate surface area is 193 Å². The number of ether oxygens (including phenoxy) is 3. The minimum atomic E-state index is -0.264. The number of likely N-dealkylation sites (tertiary alicyclic amines) is 1. The van der Waals surface area contributed by atoms with Crippen LogP contribution in [0.4, 0.5) is 5.69 Å². The van der Waals surface area contributed by atoms with Gasteiger partial charge in [-0.1, -0.05) is 0 Å².